The van der Waals surface area contributed by atoms with Crippen molar-refractivity contribution in [2.45, 2.75) is 65.6 Å². The summed E-state index contributed by atoms with van der Waals surface area (Å²) in [5.74, 6) is 1.55. The van der Waals surface area contributed by atoms with E-state index >= 15 is 0 Å². The molecule has 1 aliphatic rings. The predicted molar refractivity (Wildman–Crippen MR) is 105 cm³/mol. The first-order chi connectivity index (χ1) is 12.2. The maximum absolute atomic E-state index is 5.84. The molecular weight excluding hydrogens is 306 g/mol. The summed E-state index contributed by atoms with van der Waals surface area (Å²) in [6.07, 6.45) is 5.19. The molecule has 3 rings (SSSR count). The first kappa shape index (κ1) is 18.0. The van der Waals surface area contributed by atoms with Gasteiger partial charge in [-0.3, -0.25) is 4.90 Å². The summed E-state index contributed by atoms with van der Waals surface area (Å²) in [6.45, 7) is 10.3. The molecule has 0 unspecified atom stereocenters. The Labute approximate surface area is 152 Å². The van der Waals surface area contributed by atoms with Crippen LogP contribution in [0.15, 0.2) is 58.7 Å². The van der Waals surface area contributed by atoms with Crippen LogP contribution in [0.4, 0.5) is 0 Å². The van der Waals surface area contributed by atoms with E-state index < -0.39 is 0 Å². The third-order valence-corrected chi connectivity index (χ3v) is 5.79. The Balaban J connectivity index is 2.04. The summed E-state index contributed by atoms with van der Waals surface area (Å²) in [6, 6.07) is 16.1. The van der Waals surface area contributed by atoms with Crippen LogP contribution in [0.3, 0.4) is 0 Å². The highest BCUT2D eigenvalue weighted by Crippen LogP contribution is 2.43. The van der Waals surface area contributed by atoms with Crippen molar-refractivity contribution >= 4 is 5.57 Å². The normalized spacial score (nSPS) is 24.7. The fourth-order valence-electron chi connectivity index (χ4n) is 4.71. The number of rotatable bonds is 6. The van der Waals surface area contributed by atoms with Crippen molar-refractivity contribution in [1.29, 1.82) is 0 Å². The van der Waals surface area contributed by atoms with Gasteiger partial charge in [-0.25, -0.2) is 0 Å². The maximum atomic E-state index is 5.84. The van der Waals surface area contributed by atoms with Gasteiger partial charge >= 0.3 is 0 Å². The number of benzene rings is 1. The minimum Gasteiger partial charge on any atom is -0.465 e. The monoisotopic (exact) mass is 337 g/mol. The Kier molecular flexibility index (Phi) is 5.80. The van der Waals surface area contributed by atoms with Crippen LogP contribution in [0.1, 0.15) is 58.3 Å². The van der Waals surface area contributed by atoms with Gasteiger partial charge in [0.05, 0.1) is 6.26 Å². The van der Waals surface area contributed by atoms with E-state index in [2.05, 4.69) is 69.0 Å². The van der Waals surface area contributed by atoms with Crippen molar-refractivity contribution < 1.29 is 4.42 Å². The van der Waals surface area contributed by atoms with Gasteiger partial charge in [0.1, 0.15) is 5.76 Å². The molecule has 0 fully saturated rings. The van der Waals surface area contributed by atoms with Crippen LogP contribution in [-0.4, -0.2) is 17.0 Å². The Bertz CT molecular complexity index is 686. The van der Waals surface area contributed by atoms with Crippen LogP contribution in [-0.2, 0) is 6.54 Å². The number of furan rings is 1. The van der Waals surface area contributed by atoms with Gasteiger partial charge in [-0.1, -0.05) is 58.0 Å². The Morgan fingerprint density at radius 3 is 2.28 bits per heavy atom. The van der Waals surface area contributed by atoms with Gasteiger partial charge in [0.25, 0.3) is 0 Å². The summed E-state index contributed by atoms with van der Waals surface area (Å²) in [7, 11) is 0. The quantitative estimate of drug-likeness (QED) is 0.628. The van der Waals surface area contributed by atoms with E-state index in [0.29, 0.717) is 18.0 Å². The zero-order valence-corrected chi connectivity index (χ0v) is 16.0. The van der Waals surface area contributed by atoms with Gasteiger partial charge in [-0.15, -0.1) is 0 Å². The summed E-state index contributed by atoms with van der Waals surface area (Å²) in [5.41, 5.74) is 4.42. The molecule has 0 aliphatic carbocycles. The van der Waals surface area contributed by atoms with Gasteiger partial charge in [0, 0.05) is 24.5 Å². The highest BCUT2D eigenvalue weighted by Gasteiger charge is 2.39. The van der Waals surface area contributed by atoms with Crippen LogP contribution in [0.5, 0.6) is 0 Å². The van der Waals surface area contributed by atoms with E-state index in [4.69, 9.17) is 4.42 Å². The van der Waals surface area contributed by atoms with Crippen molar-refractivity contribution in [2.24, 2.45) is 5.92 Å². The molecule has 3 atom stereocenters. The summed E-state index contributed by atoms with van der Waals surface area (Å²) >= 11 is 0. The van der Waals surface area contributed by atoms with E-state index in [1.165, 1.54) is 11.1 Å². The molecule has 0 radical (unpaired) electrons. The number of hydrogen-bond acceptors (Lipinski definition) is 2. The molecule has 1 aromatic carbocycles. The van der Waals surface area contributed by atoms with Crippen LogP contribution in [0.2, 0.25) is 0 Å². The van der Waals surface area contributed by atoms with Crippen molar-refractivity contribution in [3.05, 3.63) is 65.6 Å². The largest absolute Gasteiger partial charge is 0.465 e. The lowest BCUT2D eigenvalue weighted by Crippen LogP contribution is -2.50. The molecule has 0 spiro atoms. The molecule has 0 amide bonds. The lowest BCUT2D eigenvalue weighted by atomic mass is 9.77. The predicted octanol–water partition coefficient (Wildman–Crippen LogP) is 6.15. The van der Waals surface area contributed by atoms with E-state index in [1.807, 2.05) is 6.07 Å². The van der Waals surface area contributed by atoms with Crippen molar-refractivity contribution in [1.82, 2.24) is 4.90 Å². The standard InChI is InChI=1S/C23H31NO/c1-5-19-21(7-3)24(16-18-12-9-8-10-13-18)20(6-2)17(4)23(19)22-14-11-15-25-22/h8-15,17,20-21H,5-7,16H2,1-4H3/t17-,20+,21-/m0/s1. The molecule has 1 aromatic heterocycles. The van der Waals surface area contributed by atoms with Gasteiger partial charge < -0.3 is 4.42 Å². The highest BCUT2D eigenvalue weighted by atomic mass is 16.3. The molecule has 0 bridgehead atoms. The van der Waals surface area contributed by atoms with Crippen LogP contribution < -0.4 is 0 Å². The molecule has 2 nitrogen and oxygen atoms in total. The highest BCUT2D eigenvalue weighted by molar-refractivity contribution is 5.69. The Morgan fingerprint density at radius 2 is 1.72 bits per heavy atom. The zero-order chi connectivity index (χ0) is 17.8. The molecule has 134 valence electrons. The topological polar surface area (TPSA) is 16.4 Å². The fraction of sp³-hybridized carbons (Fsp3) is 0.478. The molecule has 0 saturated carbocycles. The molecule has 0 saturated heterocycles. The number of nitrogens with zero attached hydrogens (tertiary/aromatic N) is 1. The van der Waals surface area contributed by atoms with Gasteiger partial charge in [0.2, 0.25) is 0 Å². The van der Waals surface area contributed by atoms with Crippen molar-refractivity contribution in [3.63, 3.8) is 0 Å². The van der Waals surface area contributed by atoms with E-state index in [0.717, 1.165) is 31.6 Å². The van der Waals surface area contributed by atoms with E-state index in [-0.39, 0.29) is 0 Å². The summed E-state index contributed by atoms with van der Waals surface area (Å²) in [5, 5.41) is 0. The van der Waals surface area contributed by atoms with Gasteiger partial charge in [-0.05, 0) is 48.1 Å². The molecule has 1 aliphatic heterocycles. The van der Waals surface area contributed by atoms with E-state index in [9.17, 15) is 0 Å². The van der Waals surface area contributed by atoms with Gasteiger partial charge in [-0.2, -0.15) is 0 Å². The maximum Gasteiger partial charge on any atom is 0.130 e. The lowest BCUT2D eigenvalue weighted by molar-refractivity contribution is 0.0992. The average Bonchev–Trinajstić information content (AvgIpc) is 3.16. The summed E-state index contributed by atoms with van der Waals surface area (Å²) in [4.78, 5) is 2.74. The first-order valence-corrected chi connectivity index (χ1v) is 9.77. The van der Waals surface area contributed by atoms with Crippen molar-refractivity contribution in [2.75, 3.05) is 0 Å². The molecule has 2 aromatic rings. The molecule has 2 heteroatoms. The van der Waals surface area contributed by atoms with Crippen molar-refractivity contribution in [3.8, 4) is 0 Å². The van der Waals surface area contributed by atoms with Gasteiger partial charge in [0.15, 0.2) is 0 Å². The minimum absolute atomic E-state index is 0.484. The minimum atomic E-state index is 0.484. The molecule has 25 heavy (non-hydrogen) atoms. The second-order valence-corrected chi connectivity index (χ2v) is 7.12. The SMILES string of the molecule is CCC1=C(c2ccco2)[C@@H](C)[C@@H](CC)N(Cc2ccccc2)[C@H]1CC. The van der Waals surface area contributed by atoms with Crippen LogP contribution >= 0.6 is 0 Å². The van der Waals surface area contributed by atoms with E-state index in [1.54, 1.807) is 11.8 Å². The first-order valence-electron chi connectivity index (χ1n) is 9.77. The second kappa shape index (κ2) is 8.05. The zero-order valence-electron chi connectivity index (χ0n) is 16.0. The average molecular weight is 338 g/mol. The Hall–Kier alpha value is -1.80. The molecule has 0 N–H and O–H groups in total. The molecule has 2 heterocycles. The van der Waals surface area contributed by atoms with Crippen LogP contribution in [0.25, 0.3) is 5.57 Å². The lowest BCUT2D eigenvalue weighted by Gasteiger charge is -2.47. The molecular formula is C23H31NO. The summed E-state index contributed by atoms with van der Waals surface area (Å²) < 4.78 is 5.84. The fourth-order valence-corrected chi connectivity index (χ4v) is 4.71. The third kappa shape index (κ3) is 3.46. The Morgan fingerprint density at radius 1 is 0.960 bits per heavy atom. The third-order valence-electron chi connectivity index (χ3n) is 5.79. The van der Waals surface area contributed by atoms with Crippen LogP contribution in [0, 0.1) is 5.92 Å². The number of hydrogen-bond donors (Lipinski definition) is 0. The second-order valence-electron chi connectivity index (χ2n) is 7.12. The smallest absolute Gasteiger partial charge is 0.130 e.